The molecule has 1 aromatic rings. The summed E-state index contributed by atoms with van der Waals surface area (Å²) in [5, 5.41) is 6.26. The molecule has 0 saturated heterocycles. The number of hydrogen-bond acceptors (Lipinski definition) is 2. The highest BCUT2D eigenvalue weighted by atomic mass is 19.3. The van der Waals surface area contributed by atoms with E-state index in [1.165, 1.54) is 6.92 Å². The molecule has 22 heavy (non-hydrogen) atoms. The lowest BCUT2D eigenvalue weighted by atomic mass is 9.95. The minimum Gasteiger partial charge on any atom is -0.352 e. The largest absolute Gasteiger partial charge is 0.352 e. The van der Waals surface area contributed by atoms with Gasteiger partial charge in [-0.25, -0.2) is 17.6 Å². The first-order valence-electron chi connectivity index (χ1n) is 7.36. The standard InChI is InChI=1S/C14H19F4N3O/c1-8(14(22)19-9-5-3-2-4-6-9)21-11(13(17)18)7-10(20-21)12(15)16/h7-9,12-13H,2-6H2,1H3,(H,19,22). The minimum absolute atomic E-state index is 0.0174. The van der Waals surface area contributed by atoms with Crippen molar-refractivity contribution in [3.63, 3.8) is 0 Å². The highest BCUT2D eigenvalue weighted by molar-refractivity contribution is 5.80. The van der Waals surface area contributed by atoms with Crippen LogP contribution in [0.3, 0.4) is 0 Å². The van der Waals surface area contributed by atoms with Crippen molar-refractivity contribution in [3.05, 3.63) is 17.5 Å². The molecule has 4 nitrogen and oxygen atoms in total. The number of aromatic nitrogens is 2. The van der Waals surface area contributed by atoms with Crippen molar-refractivity contribution in [2.45, 2.75) is 64.0 Å². The van der Waals surface area contributed by atoms with Crippen LogP contribution < -0.4 is 5.32 Å². The van der Waals surface area contributed by atoms with Crippen LogP contribution in [0.4, 0.5) is 17.6 Å². The van der Waals surface area contributed by atoms with E-state index in [0.717, 1.165) is 32.1 Å². The monoisotopic (exact) mass is 321 g/mol. The van der Waals surface area contributed by atoms with Crippen LogP contribution in [-0.4, -0.2) is 21.7 Å². The first-order chi connectivity index (χ1) is 10.4. The summed E-state index contributed by atoms with van der Waals surface area (Å²) in [7, 11) is 0. The Morgan fingerprint density at radius 1 is 1.23 bits per heavy atom. The van der Waals surface area contributed by atoms with Gasteiger partial charge in [0.1, 0.15) is 17.4 Å². The summed E-state index contributed by atoms with van der Waals surface area (Å²) in [6, 6.07) is -0.387. The van der Waals surface area contributed by atoms with E-state index in [9.17, 15) is 22.4 Å². The molecule has 2 rings (SSSR count). The van der Waals surface area contributed by atoms with Gasteiger partial charge >= 0.3 is 0 Å². The molecule has 1 amide bonds. The summed E-state index contributed by atoms with van der Waals surface area (Å²) < 4.78 is 51.9. The van der Waals surface area contributed by atoms with Crippen molar-refractivity contribution < 1.29 is 22.4 Å². The van der Waals surface area contributed by atoms with Gasteiger partial charge in [0.15, 0.2) is 0 Å². The Morgan fingerprint density at radius 3 is 2.41 bits per heavy atom. The predicted molar refractivity (Wildman–Crippen MR) is 71.9 cm³/mol. The molecule has 1 heterocycles. The van der Waals surface area contributed by atoms with Gasteiger partial charge in [0.2, 0.25) is 5.91 Å². The molecule has 0 spiro atoms. The van der Waals surface area contributed by atoms with Crippen LogP contribution >= 0.6 is 0 Å². The molecule has 0 aliphatic heterocycles. The van der Waals surface area contributed by atoms with E-state index < -0.39 is 36.2 Å². The Hall–Kier alpha value is -1.60. The van der Waals surface area contributed by atoms with Gasteiger partial charge in [0.25, 0.3) is 12.9 Å². The second-order valence-electron chi connectivity index (χ2n) is 5.56. The highest BCUT2D eigenvalue weighted by Crippen LogP contribution is 2.27. The smallest absolute Gasteiger partial charge is 0.282 e. The number of amides is 1. The molecule has 8 heteroatoms. The van der Waals surface area contributed by atoms with E-state index in [2.05, 4.69) is 10.4 Å². The third-order valence-electron chi connectivity index (χ3n) is 3.93. The zero-order chi connectivity index (χ0) is 16.3. The molecule has 1 aromatic heterocycles. The predicted octanol–water partition coefficient (Wildman–Crippen LogP) is 3.77. The van der Waals surface area contributed by atoms with E-state index >= 15 is 0 Å². The maximum absolute atomic E-state index is 12.9. The van der Waals surface area contributed by atoms with E-state index in [4.69, 9.17) is 0 Å². The van der Waals surface area contributed by atoms with Crippen molar-refractivity contribution in [2.75, 3.05) is 0 Å². The highest BCUT2D eigenvalue weighted by Gasteiger charge is 2.28. The topological polar surface area (TPSA) is 46.9 Å². The number of halogens is 4. The third kappa shape index (κ3) is 3.78. The van der Waals surface area contributed by atoms with Gasteiger partial charge in [-0.05, 0) is 25.8 Å². The SMILES string of the molecule is CC(C(=O)NC1CCCCC1)n1nc(C(F)F)cc1C(F)F. The second kappa shape index (κ2) is 7.11. The summed E-state index contributed by atoms with van der Waals surface area (Å²) in [4.78, 5) is 12.2. The average molecular weight is 321 g/mol. The number of rotatable bonds is 5. The Kier molecular flexibility index (Phi) is 5.42. The number of carbonyl (C=O) groups is 1. The van der Waals surface area contributed by atoms with Crippen LogP contribution in [0.15, 0.2) is 6.07 Å². The van der Waals surface area contributed by atoms with E-state index in [1.807, 2.05) is 0 Å². The first-order valence-corrected chi connectivity index (χ1v) is 7.36. The Morgan fingerprint density at radius 2 is 1.86 bits per heavy atom. The van der Waals surface area contributed by atoms with Gasteiger partial charge in [-0.15, -0.1) is 0 Å². The van der Waals surface area contributed by atoms with E-state index in [0.29, 0.717) is 10.7 Å². The van der Waals surface area contributed by atoms with Gasteiger partial charge in [-0.2, -0.15) is 5.10 Å². The third-order valence-corrected chi connectivity index (χ3v) is 3.93. The Labute approximate surface area is 125 Å². The van der Waals surface area contributed by atoms with Crippen molar-refractivity contribution in [2.24, 2.45) is 0 Å². The molecule has 1 atom stereocenters. The molecule has 0 aromatic carbocycles. The molecule has 1 aliphatic carbocycles. The lowest BCUT2D eigenvalue weighted by molar-refractivity contribution is -0.125. The van der Waals surface area contributed by atoms with E-state index in [-0.39, 0.29) is 6.04 Å². The molecular formula is C14H19F4N3O. The molecule has 1 saturated carbocycles. The fraction of sp³-hybridized carbons (Fsp3) is 0.714. The fourth-order valence-corrected chi connectivity index (χ4v) is 2.69. The Bertz CT molecular complexity index is 512. The minimum atomic E-state index is -2.97. The molecule has 0 radical (unpaired) electrons. The van der Waals surface area contributed by atoms with Gasteiger partial charge < -0.3 is 5.32 Å². The maximum atomic E-state index is 12.9. The molecular weight excluding hydrogens is 302 g/mol. The summed E-state index contributed by atoms with van der Waals surface area (Å²) in [6.07, 6.45) is -1.08. The number of nitrogens with zero attached hydrogens (tertiary/aromatic N) is 2. The zero-order valence-electron chi connectivity index (χ0n) is 12.2. The zero-order valence-corrected chi connectivity index (χ0v) is 12.2. The van der Waals surface area contributed by atoms with E-state index in [1.54, 1.807) is 0 Å². The van der Waals surface area contributed by atoms with Crippen LogP contribution in [0.25, 0.3) is 0 Å². The molecule has 1 aliphatic rings. The van der Waals surface area contributed by atoms with Crippen molar-refractivity contribution in [3.8, 4) is 0 Å². The molecule has 1 N–H and O–H groups in total. The number of alkyl halides is 4. The van der Waals surface area contributed by atoms with Gasteiger partial charge in [0, 0.05) is 6.04 Å². The number of carbonyl (C=O) groups excluding carboxylic acids is 1. The lowest BCUT2D eigenvalue weighted by Crippen LogP contribution is -2.40. The average Bonchev–Trinajstić information content (AvgIpc) is 2.93. The van der Waals surface area contributed by atoms with Crippen LogP contribution in [0.2, 0.25) is 0 Å². The van der Waals surface area contributed by atoms with Crippen molar-refractivity contribution in [1.29, 1.82) is 0 Å². The molecule has 1 unspecified atom stereocenters. The van der Waals surface area contributed by atoms with Crippen LogP contribution in [0.1, 0.15) is 69.3 Å². The van der Waals surface area contributed by atoms with Crippen LogP contribution in [-0.2, 0) is 4.79 Å². The van der Waals surface area contributed by atoms with Crippen molar-refractivity contribution in [1.82, 2.24) is 15.1 Å². The lowest BCUT2D eigenvalue weighted by Gasteiger charge is -2.25. The molecule has 0 bridgehead atoms. The first kappa shape index (κ1) is 16.8. The fourth-order valence-electron chi connectivity index (χ4n) is 2.69. The molecule has 1 fully saturated rings. The summed E-state index contributed by atoms with van der Waals surface area (Å²) >= 11 is 0. The molecule has 124 valence electrons. The van der Waals surface area contributed by atoms with Gasteiger partial charge in [-0.1, -0.05) is 19.3 Å². The normalized spacial score (nSPS) is 18.0. The Balaban J connectivity index is 2.13. The number of nitrogens with one attached hydrogen (secondary N) is 1. The summed E-state index contributed by atoms with van der Waals surface area (Å²) in [6.45, 7) is 1.38. The second-order valence-corrected chi connectivity index (χ2v) is 5.56. The maximum Gasteiger partial charge on any atom is 0.282 e. The van der Waals surface area contributed by atoms with Crippen LogP contribution in [0, 0.1) is 0 Å². The van der Waals surface area contributed by atoms with Crippen molar-refractivity contribution >= 4 is 5.91 Å². The van der Waals surface area contributed by atoms with Gasteiger partial charge in [0.05, 0.1) is 0 Å². The quantitative estimate of drug-likeness (QED) is 0.839. The summed E-state index contributed by atoms with van der Waals surface area (Å²) in [5.41, 5.74) is -1.41. The summed E-state index contributed by atoms with van der Waals surface area (Å²) in [5.74, 6) is -0.474. The number of hydrogen-bond donors (Lipinski definition) is 1. The van der Waals surface area contributed by atoms with Gasteiger partial charge in [-0.3, -0.25) is 9.48 Å². The van der Waals surface area contributed by atoms with Crippen LogP contribution in [0.5, 0.6) is 0 Å².